The molecule has 0 aromatic heterocycles. The quantitative estimate of drug-likeness (QED) is 0.852. The first-order valence-corrected chi connectivity index (χ1v) is 6.98. The number of hydrogen-bond acceptors (Lipinski definition) is 4. The fraction of sp³-hybridized carbons (Fsp3) is 0.533. The first kappa shape index (κ1) is 14.7. The largest absolute Gasteiger partial charge is 0.486 e. The highest BCUT2D eigenvalue weighted by molar-refractivity contribution is 5.81. The number of carbonyl (C=O) groups is 1. The molecule has 3 N–H and O–H groups in total. The van der Waals surface area contributed by atoms with Crippen molar-refractivity contribution in [1.82, 2.24) is 5.32 Å². The summed E-state index contributed by atoms with van der Waals surface area (Å²) >= 11 is 0. The lowest BCUT2D eigenvalue weighted by Crippen LogP contribution is -2.47. The molecule has 1 aliphatic heterocycles. The Morgan fingerprint density at radius 2 is 2.10 bits per heavy atom. The monoisotopic (exact) mass is 278 g/mol. The Kier molecular flexibility index (Phi) is 4.84. The lowest BCUT2D eigenvalue weighted by molar-refractivity contribution is -0.123. The number of hydrogen-bond donors (Lipinski definition) is 2. The van der Waals surface area contributed by atoms with Crippen LogP contribution >= 0.6 is 0 Å². The summed E-state index contributed by atoms with van der Waals surface area (Å²) in [6, 6.07) is 7.04. The molecule has 5 heteroatoms. The van der Waals surface area contributed by atoms with E-state index >= 15 is 0 Å². The highest BCUT2D eigenvalue weighted by Crippen LogP contribution is 2.30. The fourth-order valence-corrected chi connectivity index (χ4v) is 2.12. The summed E-state index contributed by atoms with van der Waals surface area (Å²) in [5, 5.41) is 2.82. The second-order valence-electron chi connectivity index (χ2n) is 5.48. The third-order valence-corrected chi connectivity index (χ3v) is 3.13. The summed E-state index contributed by atoms with van der Waals surface area (Å²) in [6.07, 6.45) is 0.497. The van der Waals surface area contributed by atoms with Crippen molar-refractivity contribution in [3.8, 4) is 11.5 Å². The van der Waals surface area contributed by atoms with Gasteiger partial charge in [0.25, 0.3) is 0 Å². The Balaban J connectivity index is 1.80. The minimum Gasteiger partial charge on any atom is -0.486 e. The van der Waals surface area contributed by atoms with Crippen molar-refractivity contribution in [2.24, 2.45) is 11.7 Å². The molecule has 110 valence electrons. The summed E-state index contributed by atoms with van der Waals surface area (Å²) in [6.45, 7) is 4.92. The van der Waals surface area contributed by atoms with Gasteiger partial charge in [0.2, 0.25) is 5.91 Å². The minimum absolute atomic E-state index is 0.138. The van der Waals surface area contributed by atoms with E-state index in [0.29, 0.717) is 31.2 Å². The van der Waals surface area contributed by atoms with Crippen molar-refractivity contribution in [3.05, 3.63) is 24.3 Å². The number of nitrogens with one attached hydrogen (secondary N) is 1. The van der Waals surface area contributed by atoms with Crippen LogP contribution in [0.2, 0.25) is 0 Å². The molecule has 5 nitrogen and oxygen atoms in total. The molecule has 1 amide bonds. The Hall–Kier alpha value is -1.75. The van der Waals surface area contributed by atoms with Crippen LogP contribution in [0.15, 0.2) is 24.3 Å². The van der Waals surface area contributed by atoms with E-state index in [2.05, 4.69) is 5.32 Å². The van der Waals surface area contributed by atoms with Crippen molar-refractivity contribution >= 4 is 5.91 Å². The zero-order valence-corrected chi connectivity index (χ0v) is 12.0. The summed E-state index contributed by atoms with van der Waals surface area (Å²) in [5.74, 6) is 1.72. The standard InChI is InChI=1S/C15H22N2O3/c1-10(2)7-12(16)15(18)17-8-11-9-19-13-5-3-4-6-14(13)20-11/h3-6,10-12H,7-9,16H2,1-2H3,(H,17,18). The lowest BCUT2D eigenvalue weighted by Gasteiger charge is -2.27. The highest BCUT2D eigenvalue weighted by atomic mass is 16.6. The van der Waals surface area contributed by atoms with E-state index in [1.165, 1.54) is 0 Å². The molecule has 1 aliphatic rings. The van der Waals surface area contributed by atoms with E-state index < -0.39 is 6.04 Å². The second kappa shape index (κ2) is 6.61. The third kappa shape index (κ3) is 3.87. The summed E-state index contributed by atoms with van der Waals surface area (Å²) in [4.78, 5) is 11.8. The molecule has 1 aromatic rings. The molecule has 0 spiro atoms. The highest BCUT2D eigenvalue weighted by Gasteiger charge is 2.22. The molecule has 0 aliphatic carbocycles. The van der Waals surface area contributed by atoms with E-state index in [0.717, 1.165) is 5.75 Å². The molecule has 20 heavy (non-hydrogen) atoms. The van der Waals surface area contributed by atoms with Crippen LogP contribution in [0.5, 0.6) is 11.5 Å². The number of benzene rings is 1. The van der Waals surface area contributed by atoms with Gasteiger partial charge < -0.3 is 20.5 Å². The zero-order valence-electron chi connectivity index (χ0n) is 12.0. The van der Waals surface area contributed by atoms with Crippen LogP contribution < -0.4 is 20.5 Å². The fourth-order valence-electron chi connectivity index (χ4n) is 2.12. The smallest absolute Gasteiger partial charge is 0.237 e. The van der Waals surface area contributed by atoms with Gasteiger partial charge in [-0.2, -0.15) is 0 Å². The maximum atomic E-state index is 11.8. The molecular weight excluding hydrogens is 256 g/mol. The van der Waals surface area contributed by atoms with Crippen LogP contribution in [0.1, 0.15) is 20.3 Å². The molecule has 0 bridgehead atoms. The molecule has 0 saturated heterocycles. The number of carbonyl (C=O) groups excluding carboxylic acids is 1. The Morgan fingerprint density at radius 1 is 1.40 bits per heavy atom. The van der Waals surface area contributed by atoms with Crippen LogP contribution in [-0.2, 0) is 4.79 Å². The van der Waals surface area contributed by atoms with E-state index in [9.17, 15) is 4.79 Å². The van der Waals surface area contributed by atoms with Gasteiger partial charge in [-0.3, -0.25) is 4.79 Å². The molecule has 0 fully saturated rings. The molecule has 0 radical (unpaired) electrons. The average Bonchev–Trinajstić information content (AvgIpc) is 2.43. The van der Waals surface area contributed by atoms with Crippen LogP contribution in [-0.4, -0.2) is 31.2 Å². The molecule has 0 saturated carbocycles. The predicted octanol–water partition coefficient (Wildman–Crippen LogP) is 1.32. The molecule has 2 atom stereocenters. The topological polar surface area (TPSA) is 73.6 Å². The average molecular weight is 278 g/mol. The van der Waals surface area contributed by atoms with Gasteiger partial charge in [-0.15, -0.1) is 0 Å². The predicted molar refractivity (Wildman–Crippen MR) is 76.8 cm³/mol. The van der Waals surface area contributed by atoms with Crippen molar-refractivity contribution in [3.63, 3.8) is 0 Å². The van der Waals surface area contributed by atoms with E-state index in [-0.39, 0.29) is 12.0 Å². The van der Waals surface area contributed by atoms with Gasteiger partial charge in [-0.25, -0.2) is 0 Å². The number of rotatable bonds is 5. The minimum atomic E-state index is -0.466. The van der Waals surface area contributed by atoms with Crippen molar-refractivity contribution in [2.45, 2.75) is 32.4 Å². The van der Waals surface area contributed by atoms with Crippen LogP contribution in [0.25, 0.3) is 0 Å². The van der Waals surface area contributed by atoms with Gasteiger partial charge >= 0.3 is 0 Å². The second-order valence-corrected chi connectivity index (χ2v) is 5.48. The van der Waals surface area contributed by atoms with Gasteiger partial charge in [-0.05, 0) is 24.5 Å². The molecule has 2 rings (SSSR count). The van der Waals surface area contributed by atoms with Crippen LogP contribution in [0.4, 0.5) is 0 Å². The molecule has 1 heterocycles. The molecule has 1 aromatic carbocycles. The summed E-state index contributed by atoms with van der Waals surface area (Å²) < 4.78 is 11.3. The Labute approximate surface area is 119 Å². The number of fused-ring (bicyclic) bond motifs is 1. The van der Waals surface area contributed by atoms with E-state index in [1.54, 1.807) is 0 Å². The maximum absolute atomic E-state index is 11.8. The van der Waals surface area contributed by atoms with E-state index in [1.807, 2.05) is 38.1 Å². The van der Waals surface area contributed by atoms with Crippen molar-refractivity contribution < 1.29 is 14.3 Å². The third-order valence-electron chi connectivity index (χ3n) is 3.13. The van der Waals surface area contributed by atoms with Gasteiger partial charge in [0.05, 0.1) is 12.6 Å². The maximum Gasteiger partial charge on any atom is 0.237 e. The van der Waals surface area contributed by atoms with Crippen molar-refractivity contribution in [1.29, 1.82) is 0 Å². The van der Waals surface area contributed by atoms with E-state index in [4.69, 9.17) is 15.2 Å². The number of ether oxygens (including phenoxy) is 2. The molecule has 2 unspecified atom stereocenters. The summed E-state index contributed by atoms with van der Waals surface area (Å²) in [5.41, 5.74) is 5.83. The first-order valence-electron chi connectivity index (χ1n) is 6.98. The van der Waals surface area contributed by atoms with Crippen LogP contribution in [0.3, 0.4) is 0 Å². The van der Waals surface area contributed by atoms with Gasteiger partial charge in [-0.1, -0.05) is 26.0 Å². The lowest BCUT2D eigenvalue weighted by atomic mass is 10.0. The SMILES string of the molecule is CC(C)CC(N)C(=O)NCC1COc2ccccc2O1. The molecular formula is C15H22N2O3. The number of amides is 1. The Bertz CT molecular complexity index is 462. The normalized spacial score (nSPS) is 18.7. The zero-order chi connectivity index (χ0) is 14.5. The Morgan fingerprint density at radius 3 is 2.80 bits per heavy atom. The first-order chi connectivity index (χ1) is 9.56. The van der Waals surface area contributed by atoms with Crippen molar-refractivity contribution in [2.75, 3.05) is 13.2 Å². The van der Waals surface area contributed by atoms with Gasteiger partial charge in [0, 0.05) is 0 Å². The van der Waals surface area contributed by atoms with Gasteiger partial charge in [0.1, 0.15) is 12.7 Å². The van der Waals surface area contributed by atoms with Crippen LogP contribution in [0, 0.1) is 5.92 Å². The van der Waals surface area contributed by atoms with Gasteiger partial charge in [0.15, 0.2) is 11.5 Å². The summed E-state index contributed by atoms with van der Waals surface area (Å²) in [7, 11) is 0. The number of nitrogens with two attached hydrogens (primary N) is 1. The number of para-hydroxylation sites is 2.